The van der Waals surface area contributed by atoms with Crippen molar-refractivity contribution in [3.63, 3.8) is 0 Å². The first kappa shape index (κ1) is 24.5. The van der Waals surface area contributed by atoms with Crippen LogP contribution in [0.5, 0.6) is 0 Å². The molecule has 160 valence electrons. The molecule has 0 aliphatic rings. The molecule has 0 aliphatic heterocycles. The van der Waals surface area contributed by atoms with Crippen LogP contribution < -0.4 is 21.2 Å². The van der Waals surface area contributed by atoms with E-state index in [4.69, 9.17) is 0 Å². The van der Waals surface area contributed by atoms with Crippen LogP contribution in [-0.4, -0.2) is 6.16 Å². The van der Waals surface area contributed by atoms with E-state index in [1.807, 2.05) is 0 Å². The van der Waals surface area contributed by atoms with Crippen molar-refractivity contribution in [3.8, 4) is 0 Å². The van der Waals surface area contributed by atoms with Gasteiger partial charge in [0.25, 0.3) is 0 Å². The van der Waals surface area contributed by atoms with Crippen LogP contribution in [0, 0.1) is 6.16 Å². The maximum atomic E-state index is 2.79. The standard InChI is InChI=1S/C27H25P2.BrH.Pd/c1-5-14-24(15-6-1)28(25-16-7-2-8-17-25)22-13-23-29(26-18-9-3-10-19-26)27-20-11-4-12-21-27;;/h1-12,14-22H,13,23H2;1H;/q-1;;+2/p-1. The Hall–Kier alpha value is -1.12. The summed E-state index contributed by atoms with van der Waals surface area (Å²) in [5, 5.41) is 5.78. The summed E-state index contributed by atoms with van der Waals surface area (Å²) in [4.78, 5) is 0. The van der Waals surface area contributed by atoms with Crippen LogP contribution in [0.15, 0.2) is 121 Å². The first-order valence-corrected chi connectivity index (χ1v) is 16.6. The SMILES string of the molecule is [Br][Pd+].c1ccc(P([CH-]CCP(c2ccccc2)c2ccccc2)c2ccccc2)cc1. The van der Waals surface area contributed by atoms with Gasteiger partial charge in [0, 0.05) is 0 Å². The van der Waals surface area contributed by atoms with Crippen LogP contribution in [-0.2, 0) is 17.2 Å². The van der Waals surface area contributed by atoms with Gasteiger partial charge in [-0.2, -0.15) is 6.42 Å². The Morgan fingerprint density at radius 2 is 0.839 bits per heavy atom. The number of hydrogen-bond acceptors (Lipinski definition) is 0. The Bertz CT molecular complexity index is 821. The molecule has 4 rings (SSSR count). The normalized spacial score (nSPS) is 10.6. The predicted molar refractivity (Wildman–Crippen MR) is 141 cm³/mol. The van der Waals surface area contributed by atoms with Gasteiger partial charge in [0.05, 0.1) is 0 Å². The van der Waals surface area contributed by atoms with E-state index in [0.717, 1.165) is 6.42 Å². The molecule has 0 amide bonds. The minimum atomic E-state index is -0.434. The van der Waals surface area contributed by atoms with Gasteiger partial charge in [-0.3, -0.25) is 6.16 Å². The second kappa shape index (κ2) is 14.1. The minimum Gasteiger partial charge on any atom is -0.293 e. The summed E-state index contributed by atoms with van der Waals surface area (Å²) in [5.41, 5.74) is 0. The second-order valence-electron chi connectivity index (χ2n) is 6.84. The van der Waals surface area contributed by atoms with Crippen LogP contribution in [0.2, 0.25) is 0 Å². The minimum absolute atomic E-state index is 0.340. The van der Waals surface area contributed by atoms with Gasteiger partial charge in [-0.15, -0.1) is 0 Å². The molecule has 0 aliphatic carbocycles. The average molecular weight is 598 g/mol. The summed E-state index contributed by atoms with van der Waals surface area (Å²) in [5.74, 6) is 0. The van der Waals surface area contributed by atoms with Crippen LogP contribution >= 0.6 is 29.3 Å². The Balaban J connectivity index is 0.00000132. The van der Waals surface area contributed by atoms with E-state index in [1.54, 1.807) is 0 Å². The van der Waals surface area contributed by atoms with Crippen molar-refractivity contribution in [2.75, 3.05) is 6.16 Å². The first-order chi connectivity index (χ1) is 15.4. The Morgan fingerprint density at radius 1 is 0.516 bits per heavy atom. The molecular formula is C27H25BrP2Pd. The molecule has 0 bridgehead atoms. The van der Waals surface area contributed by atoms with E-state index in [0.29, 0.717) is 0 Å². The predicted octanol–water partition coefficient (Wildman–Crippen LogP) is 6.65. The summed E-state index contributed by atoms with van der Waals surface area (Å²) in [6.07, 6.45) is 4.87. The molecule has 31 heavy (non-hydrogen) atoms. The monoisotopic (exact) mass is 596 g/mol. The van der Waals surface area contributed by atoms with Crippen LogP contribution in [0.4, 0.5) is 0 Å². The number of benzene rings is 4. The van der Waals surface area contributed by atoms with Crippen molar-refractivity contribution in [2.24, 2.45) is 0 Å². The van der Waals surface area contributed by atoms with Crippen molar-refractivity contribution >= 4 is 50.5 Å². The third-order valence-corrected chi connectivity index (χ3v) is 9.75. The van der Waals surface area contributed by atoms with Gasteiger partial charge in [-0.05, 0) is 18.5 Å². The molecule has 0 saturated carbocycles. The molecule has 0 radical (unpaired) electrons. The third-order valence-electron chi connectivity index (χ3n) is 4.87. The van der Waals surface area contributed by atoms with Crippen LogP contribution in [0.25, 0.3) is 0 Å². The molecule has 0 spiro atoms. The van der Waals surface area contributed by atoms with Gasteiger partial charge < -0.3 is 0 Å². The third kappa shape index (κ3) is 7.46. The topological polar surface area (TPSA) is 0 Å². The van der Waals surface area contributed by atoms with Crippen molar-refractivity contribution in [3.05, 3.63) is 127 Å². The molecule has 0 atom stereocenters. The Labute approximate surface area is 206 Å². The van der Waals surface area contributed by atoms with Gasteiger partial charge in [0.1, 0.15) is 0 Å². The maximum Gasteiger partial charge on any atom is -0.0196 e. The molecule has 0 heterocycles. The zero-order valence-electron chi connectivity index (χ0n) is 17.1. The van der Waals surface area contributed by atoms with Gasteiger partial charge in [-0.1, -0.05) is 138 Å². The molecule has 4 aromatic carbocycles. The molecule has 0 aromatic heterocycles. The summed E-state index contributed by atoms with van der Waals surface area (Å²) >= 11 is 5.35. The first-order valence-electron chi connectivity index (χ1n) is 10.1. The molecule has 4 heteroatoms. The summed E-state index contributed by atoms with van der Waals surface area (Å²) in [6, 6.07) is 43.9. The fourth-order valence-electron chi connectivity index (χ4n) is 3.48. The Kier molecular flexibility index (Phi) is 11.2. The zero-order chi connectivity index (χ0) is 21.7. The smallest absolute Gasteiger partial charge is 0.0196 e. The second-order valence-corrected chi connectivity index (χ2v) is 11.3. The van der Waals surface area contributed by atoms with Gasteiger partial charge in [0.15, 0.2) is 0 Å². The van der Waals surface area contributed by atoms with Crippen molar-refractivity contribution in [1.29, 1.82) is 0 Å². The van der Waals surface area contributed by atoms with E-state index < -0.39 is 7.92 Å². The van der Waals surface area contributed by atoms with Gasteiger partial charge in [0.2, 0.25) is 0 Å². The number of halogens is 1. The summed E-state index contributed by atoms with van der Waals surface area (Å²) in [6.45, 7) is 0. The zero-order valence-corrected chi connectivity index (χ0v) is 22.1. The molecule has 4 aromatic rings. The van der Waals surface area contributed by atoms with Crippen molar-refractivity contribution < 1.29 is 17.2 Å². The summed E-state index contributed by atoms with van der Waals surface area (Å²) < 4.78 is 0. The van der Waals surface area contributed by atoms with Gasteiger partial charge >= 0.3 is 30.6 Å². The molecule has 0 fully saturated rings. The van der Waals surface area contributed by atoms with Gasteiger partial charge in [-0.25, -0.2) is 7.92 Å². The molecule has 0 unspecified atom stereocenters. The number of rotatable bonds is 8. The van der Waals surface area contributed by atoms with Crippen molar-refractivity contribution in [2.45, 2.75) is 6.42 Å². The fourth-order valence-corrected chi connectivity index (χ4v) is 8.04. The average Bonchev–Trinajstić information content (AvgIpc) is 2.87. The molecule has 0 nitrogen and oxygen atoms in total. The number of hydrogen-bond donors (Lipinski definition) is 0. The largest absolute Gasteiger partial charge is 0.293 e. The van der Waals surface area contributed by atoms with E-state index >= 15 is 0 Å². The maximum absolute atomic E-state index is 2.79. The molecular weight excluding hydrogens is 573 g/mol. The van der Waals surface area contributed by atoms with E-state index in [9.17, 15) is 0 Å². The molecule has 0 N–H and O–H groups in total. The van der Waals surface area contributed by atoms with E-state index in [-0.39, 0.29) is 7.92 Å². The van der Waals surface area contributed by atoms with E-state index in [2.05, 4.69) is 158 Å². The van der Waals surface area contributed by atoms with Crippen LogP contribution in [0.3, 0.4) is 0 Å². The van der Waals surface area contributed by atoms with E-state index in [1.165, 1.54) is 27.4 Å². The Morgan fingerprint density at radius 3 is 1.19 bits per heavy atom. The van der Waals surface area contributed by atoms with Crippen LogP contribution in [0.1, 0.15) is 6.42 Å². The fraction of sp³-hybridized carbons (Fsp3) is 0.0741. The van der Waals surface area contributed by atoms with Crippen molar-refractivity contribution in [1.82, 2.24) is 0 Å². The quantitative estimate of drug-likeness (QED) is 0.121. The summed E-state index contributed by atoms with van der Waals surface area (Å²) in [7, 11) is -0.774. The molecule has 0 saturated heterocycles.